The minimum absolute atomic E-state index is 0.243. The second kappa shape index (κ2) is 6.24. The van der Waals surface area contributed by atoms with Gasteiger partial charge in [-0.1, -0.05) is 46.3 Å². The first-order valence-corrected chi connectivity index (χ1v) is 7.81. The van der Waals surface area contributed by atoms with Crippen molar-refractivity contribution in [3.8, 4) is 0 Å². The van der Waals surface area contributed by atoms with Gasteiger partial charge in [0, 0.05) is 9.86 Å². The van der Waals surface area contributed by atoms with Crippen molar-refractivity contribution in [2.45, 2.75) is 6.61 Å². The summed E-state index contributed by atoms with van der Waals surface area (Å²) in [5.74, 6) is 0. The molecule has 3 aromatic rings. The van der Waals surface area contributed by atoms with Gasteiger partial charge in [0.15, 0.2) is 0 Å². The van der Waals surface area contributed by atoms with Gasteiger partial charge in [0.2, 0.25) is 0 Å². The normalized spacial score (nSPS) is 10.5. The summed E-state index contributed by atoms with van der Waals surface area (Å²) in [5, 5.41) is 4.32. The highest BCUT2D eigenvalue weighted by Crippen LogP contribution is 2.30. The number of benzene rings is 2. The van der Waals surface area contributed by atoms with E-state index in [1.54, 1.807) is 0 Å². The largest absolute Gasteiger partial charge is 0.444 e. The van der Waals surface area contributed by atoms with Crippen LogP contribution in [0.1, 0.15) is 5.56 Å². The summed E-state index contributed by atoms with van der Waals surface area (Å²) in [6.07, 6.45) is -0.482. The van der Waals surface area contributed by atoms with E-state index < -0.39 is 6.09 Å². The van der Waals surface area contributed by atoms with E-state index in [1.165, 1.54) is 11.5 Å². The van der Waals surface area contributed by atoms with Crippen LogP contribution >= 0.6 is 27.5 Å². The van der Waals surface area contributed by atoms with Crippen LogP contribution in [0.3, 0.4) is 0 Å². The van der Waals surface area contributed by atoms with Crippen molar-refractivity contribution in [3.63, 3.8) is 0 Å². The number of fused-ring (bicyclic) bond motifs is 1. The monoisotopic (exact) mass is 362 g/mol. The van der Waals surface area contributed by atoms with E-state index in [1.807, 2.05) is 48.5 Å². The third-order valence-corrected chi connectivity index (χ3v) is 4.15. The number of nitrogens with zero attached hydrogens (tertiary/aromatic N) is 1. The smallest absolute Gasteiger partial charge is 0.412 e. The summed E-state index contributed by atoms with van der Waals surface area (Å²) in [6.45, 7) is 0.243. The predicted molar refractivity (Wildman–Crippen MR) is 87.6 cm³/mol. The summed E-state index contributed by atoms with van der Waals surface area (Å²) < 4.78 is 10.4. The van der Waals surface area contributed by atoms with Gasteiger partial charge in [-0.25, -0.2) is 4.79 Å². The molecule has 4 nitrogen and oxygen atoms in total. The van der Waals surface area contributed by atoms with Crippen molar-refractivity contribution in [2.24, 2.45) is 0 Å². The first-order chi connectivity index (χ1) is 10.2. The Hall–Kier alpha value is -1.92. The Bertz CT molecular complexity index is 774. The summed E-state index contributed by atoms with van der Waals surface area (Å²) in [5.41, 5.74) is 1.80. The number of hydrogen-bond donors (Lipinski definition) is 1. The van der Waals surface area contributed by atoms with Gasteiger partial charge in [-0.15, -0.1) is 0 Å². The van der Waals surface area contributed by atoms with Crippen molar-refractivity contribution in [3.05, 3.63) is 58.6 Å². The Kier molecular flexibility index (Phi) is 4.17. The van der Waals surface area contributed by atoms with E-state index in [9.17, 15) is 4.79 Å². The molecule has 3 rings (SSSR count). The second-order valence-electron chi connectivity index (χ2n) is 4.36. The first kappa shape index (κ1) is 14.0. The van der Waals surface area contributed by atoms with Crippen LogP contribution in [0, 0.1) is 0 Å². The molecular weight excluding hydrogens is 352 g/mol. The minimum Gasteiger partial charge on any atom is -0.444 e. The molecule has 1 N–H and O–H groups in total. The van der Waals surface area contributed by atoms with Crippen molar-refractivity contribution < 1.29 is 9.53 Å². The molecule has 0 bridgehead atoms. The molecule has 0 saturated heterocycles. The molecule has 0 spiro atoms. The maximum absolute atomic E-state index is 11.8. The molecule has 0 unspecified atom stereocenters. The fourth-order valence-corrected chi connectivity index (χ4v) is 2.96. The second-order valence-corrected chi connectivity index (χ2v) is 6.05. The SMILES string of the molecule is O=C(Nc1snc2ccc(Br)cc12)OCc1ccccc1. The molecule has 0 fully saturated rings. The Balaban J connectivity index is 1.67. The zero-order valence-electron chi connectivity index (χ0n) is 10.9. The highest BCUT2D eigenvalue weighted by molar-refractivity contribution is 9.10. The number of rotatable bonds is 3. The number of halogens is 1. The molecule has 0 radical (unpaired) electrons. The van der Waals surface area contributed by atoms with E-state index in [2.05, 4.69) is 25.6 Å². The molecule has 0 aliphatic rings. The van der Waals surface area contributed by atoms with E-state index in [4.69, 9.17) is 4.74 Å². The topological polar surface area (TPSA) is 51.2 Å². The molecule has 0 saturated carbocycles. The molecule has 1 heterocycles. The van der Waals surface area contributed by atoms with Crippen LogP contribution in [0.25, 0.3) is 10.9 Å². The van der Waals surface area contributed by atoms with Crippen molar-refractivity contribution in [1.29, 1.82) is 0 Å². The highest BCUT2D eigenvalue weighted by Gasteiger charge is 2.10. The summed E-state index contributed by atoms with van der Waals surface area (Å²) >= 11 is 4.65. The quantitative estimate of drug-likeness (QED) is 0.727. The third-order valence-electron chi connectivity index (χ3n) is 2.87. The van der Waals surface area contributed by atoms with Crippen LogP contribution < -0.4 is 5.32 Å². The molecule has 106 valence electrons. The van der Waals surface area contributed by atoms with Gasteiger partial charge in [0.1, 0.15) is 11.6 Å². The lowest BCUT2D eigenvalue weighted by Crippen LogP contribution is -2.12. The van der Waals surface area contributed by atoms with Crippen LogP contribution in [0.15, 0.2) is 53.0 Å². The number of aromatic nitrogens is 1. The minimum atomic E-state index is -0.482. The maximum atomic E-state index is 11.8. The van der Waals surface area contributed by atoms with Gasteiger partial charge < -0.3 is 4.74 Å². The fourth-order valence-electron chi connectivity index (χ4n) is 1.86. The number of nitrogens with one attached hydrogen (secondary N) is 1. The Morgan fingerprint density at radius 2 is 2.05 bits per heavy atom. The fraction of sp³-hybridized carbons (Fsp3) is 0.0667. The van der Waals surface area contributed by atoms with Gasteiger partial charge in [0.25, 0.3) is 0 Å². The Morgan fingerprint density at radius 3 is 2.86 bits per heavy atom. The van der Waals surface area contributed by atoms with Crippen LogP contribution in [-0.4, -0.2) is 10.5 Å². The number of carbonyl (C=O) groups is 1. The summed E-state index contributed by atoms with van der Waals surface area (Å²) in [4.78, 5) is 11.8. The average Bonchev–Trinajstić information content (AvgIpc) is 2.88. The van der Waals surface area contributed by atoms with Crippen molar-refractivity contribution in [1.82, 2.24) is 4.37 Å². The molecule has 21 heavy (non-hydrogen) atoms. The Labute approximate surface area is 134 Å². The van der Waals surface area contributed by atoms with Gasteiger partial charge in [-0.3, -0.25) is 5.32 Å². The lowest BCUT2D eigenvalue weighted by atomic mass is 10.2. The lowest BCUT2D eigenvalue weighted by Gasteiger charge is -2.05. The lowest BCUT2D eigenvalue weighted by molar-refractivity contribution is 0.155. The van der Waals surface area contributed by atoms with Crippen LogP contribution in [0.4, 0.5) is 9.80 Å². The first-order valence-electron chi connectivity index (χ1n) is 6.25. The number of anilines is 1. The Morgan fingerprint density at radius 1 is 1.24 bits per heavy atom. The number of carbonyl (C=O) groups excluding carboxylic acids is 1. The van der Waals surface area contributed by atoms with Gasteiger partial charge in [-0.2, -0.15) is 4.37 Å². The highest BCUT2D eigenvalue weighted by atomic mass is 79.9. The average molecular weight is 363 g/mol. The molecular formula is C15H11BrN2O2S. The van der Waals surface area contributed by atoms with E-state index >= 15 is 0 Å². The van der Waals surface area contributed by atoms with Crippen LogP contribution in [-0.2, 0) is 11.3 Å². The zero-order valence-corrected chi connectivity index (χ0v) is 13.3. The molecule has 1 amide bonds. The molecule has 0 aliphatic heterocycles. The molecule has 1 aromatic heterocycles. The molecule has 6 heteroatoms. The zero-order chi connectivity index (χ0) is 14.7. The standard InChI is InChI=1S/C15H11BrN2O2S/c16-11-6-7-13-12(8-11)14(21-18-13)17-15(19)20-9-10-4-2-1-3-5-10/h1-8H,9H2,(H,17,19). The molecule has 2 aromatic carbocycles. The van der Waals surface area contributed by atoms with Crippen LogP contribution in [0.5, 0.6) is 0 Å². The van der Waals surface area contributed by atoms with Crippen molar-refractivity contribution >= 4 is 49.5 Å². The number of amides is 1. The van der Waals surface area contributed by atoms with Crippen LogP contribution in [0.2, 0.25) is 0 Å². The number of hydrogen-bond acceptors (Lipinski definition) is 4. The van der Waals surface area contributed by atoms with Gasteiger partial charge in [-0.05, 0) is 35.3 Å². The van der Waals surface area contributed by atoms with Gasteiger partial charge >= 0.3 is 6.09 Å². The summed E-state index contributed by atoms with van der Waals surface area (Å²) in [7, 11) is 0. The summed E-state index contributed by atoms with van der Waals surface area (Å²) in [6, 6.07) is 15.3. The van der Waals surface area contributed by atoms with E-state index in [-0.39, 0.29) is 6.61 Å². The van der Waals surface area contributed by atoms with E-state index in [0.29, 0.717) is 5.00 Å². The van der Waals surface area contributed by atoms with Crippen molar-refractivity contribution in [2.75, 3.05) is 5.32 Å². The third kappa shape index (κ3) is 3.40. The molecule has 0 aliphatic carbocycles. The number of ether oxygens (including phenoxy) is 1. The molecule has 0 atom stereocenters. The predicted octanol–water partition coefficient (Wildman–Crippen LogP) is 4.81. The van der Waals surface area contributed by atoms with E-state index in [0.717, 1.165) is 20.9 Å². The maximum Gasteiger partial charge on any atom is 0.412 e. The van der Waals surface area contributed by atoms with Gasteiger partial charge in [0.05, 0.1) is 5.52 Å².